The molecule has 1 atom stereocenters. The van der Waals surface area contributed by atoms with E-state index in [1.807, 2.05) is 0 Å². The molecule has 0 aliphatic carbocycles. The van der Waals surface area contributed by atoms with Crippen molar-refractivity contribution < 1.29 is 27.9 Å². The van der Waals surface area contributed by atoms with E-state index in [-0.39, 0.29) is 12.1 Å². The number of hydrogen-bond acceptors (Lipinski definition) is 4. The third-order valence-corrected chi connectivity index (χ3v) is 3.43. The Hall–Kier alpha value is -3.49. The van der Waals surface area contributed by atoms with E-state index in [9.17, 15) is 23.2 Å². The number of ether oxygens (including phenoxy) is 1. The van der Waals surface area contributed by atoms with Gasteiger partial charge in [0.25, 0.3) is 5.91 Å². The summed E-state index contributed by atoms with van der Waals surface area (Å²) >= 11 is 0. The number of carbonyl (C=O) groups is 3. The number of halogens is 2. The lowest BCUT2D eigenvalue weighted by atomic mass is 10.1. The summed E-state index contributed by atoms with van der Waals surface area (Å²) in [6.07, 6.45) is 0.108. The fraction of sp³-hybridized carbons (Fsp3) is 0.167. The second-order valence-electron chi connectivity index (χ2n) is 5.53. The second-order valence-corrected chi connectivity index (χ2v) is 5.53. The fourth-order valence-corrected chi connectivity index (χ4v) is 2.23. The van der Waals surface area contributed by atoms with Crippen LogP contribution in [-0.2, 0) is 20.7 Å². The molecule has 7 nitrogen and oxygen atoms in total. The molecule has 4 N–H and O–H groups in total. The molecule has 3 amide bonds. The summed E-state index contributed by atoms with van der Waals surface area (Å²) < 4.78 is 31.2. The summed E-state index contributed by atoms with van der Waals surface area (Å²) in [6, 6.07) is 9.38. The van der Waals surface area contributed by atoms with E-state index in [1.54, 1.807) is 30.3 Å². The van der Waals surface area contributed by atoms with Crippen LogP contribution in [0, 0.1) is 11.6 Å². The van der Waals surface area contributed by atoms with Crippen molar-refractivity contribution in [3.05, 3.63) is 65.7 Å². The zero-order valence-corrected chi connectivity index (χ0v) is 14.1. The summed E-state index contributed by atoms with van der Waals surface area (Å²) in [5, 5.41) is 4.40. The van der Waals surface area contributed by atoms with Crippen LogP contribution in [-0.4, -0.2) is 30.6 Å². The second kappa shape index (κ2) is 9.27. The molecule has 2 aromatic rings. The van der Waals surface area contributed by atoms with Crippen LogP contribution in [0.2, 0.25) is 0 Å². The predicted molar refractivity (Wildman–Crippen MR) is 92.6 cm³/mol. The van der Waals surface area contributed by atoms with Gasteiger partial charge < -0.3 is 21.1 Å². The SMILES string of the molecule is NC(=O)N[C@@H](Cc1ccccc1)C(=O)OCC(=O)Nc1ccc(F)cc1F. The summed E-state index contributed by atoms with van der Waals surface area (Å²) in [6.45, 7) is -0.721. The Bertz CT molecular complexity index is 831. The van der Waals surface area contributed by atoms with Gasteiger partial charge in [-0.1, -0.05) is 30.3 Å². The van der Waals surface area contributed by atoms with Crippen LogP contribution in [0.3, 0.4) is 0 Å². The molecule has 0 aliphatic heterocycles. The molecule has 0 aromatic heterocycles. The summed E-state index contributed by atoms with van der Waals surface area (Å²) in [5.41, 5.74) is 5.55. The molecule has 0 fully saturated rings. The first-order chi connectivity index (χ1) is 12.8. The molecule has 0 unspecified atom stereocenters. The van der Waals surface area contributed by atoms with E-state index in [0.29, 0.717) is 6.07 Å². The first-order valence-electron chi connectivity index (χ1n) is 7.86. The van der Waals surface area contributed by atoms with E-state index in [1.165, 1.54) is 0 Å². The molecule has 0 saturated heterocycles. The number of urea groups is 1. The Labute approximate surface area is 153 Å². The average molecular weight is 377 g/mol. The molecule has 0 radical (unpaired) electrons. The van der Waals surface area contributed by atoms with Crippen molar-refractivity contribution in [1.82, 2.24) is 5.32 Å². The van der Waals surface area contributed by atoms with Gasteiger partial charge in [-0.05, 0) is 17.7 Å². The van der Waals surface area contributed by atoms with E-state index >= 15 is 0 Å². The highest BCUT2D eigenvalue weighted by atomic mass is 19.1. The van der Waals surface area contributed by atoms with Crippen LogP contribution in [0.1, 0.15) is 5.56 Å². The summed E-state index contributed by atoms with van der Waals surface area (Å²) in [4.78, 5) is 35.1. The molecule has 9 heteroatoms. The molecule has 0 saturated carbocycles. The number of primary amides is 1. The van der Waals surface area contributed by atoms with Crippen LogP contribution >= 0.6 is 0 Å². The van der Waals surface area contributed by atoms with Crippen molar-refractivity contribution in [3.8, 4) is 0 Å². The van der Waals surface area contributed by atoms with Crippen LogP contribution in [0.5, 0.6) is 0 Å². The maximum absolute atomic E-state index is 13.5. The average Bonchev–Trinajstić information content (AvgIpc) is 2.62. The molecule has 142 valence electrons. The maximum atomic E-state index is 13.5. The van der Waals surface area contributed by atoms with Gasteiger partial charge in [-0.25, -0.2) is 18.4 Å². The van der Waals surface area contributed by atoms with Gasteiger partial charge in [0, 0.05) is 12.5 Å². The lowest BCUT2D eigenvalue weighted by Gasteiger charge is -2.16. The Morgan fingerprint density at radius 3 is 2.41 bits per heavy atom. The van der Waals surface area contributed by atoms with Crippen molar-refractivity contribution in [2.24, 2.45) is 5.73 Å². The molecule has 0 aliphatic rings. The molecular weight excluding hydrogens is 360 g/mol. The molecular formula is C18H17F2N3O4. The molecule has 0 bridgehead atoms. The zero-order valence-electron chi connectivity index (χ0n) is 14.1. The maximum Gasteiger partial charge on any atom is 0.329 e. The highest BCUT2D eigenvalue weighted by Crippen LogP contribution is 2.14. The largest absolute Gasteiger partial charge is 0.454 e. The van der Waals surface area contributed by atoms with Gasteiger partial charge >= 0.3 is 12.0 Å². The molecule has 27 heavy (non-hydrogen) atoms. The number of nitrogens with two attached hydrogens (primary N) is 1. The molecule has 0 spiro atoms. The van der Waals surface area contributed by atoms with Crippen LogP contribution in [0.4, 0.5) is 19.3 Å². The third-order valence-electron chi connectivity index (χ3n) is 3.43. The van der Waals surface area contributed by atoms with Crippen molar-refractivity contribution in [1.29, 1.82) is 0 Å². The number of amides is 3. The van der Waals surface area contributed by atoms with Gasteiger partial charge in [0.1, 0.15) is 17.7 Å². The van der Waals surface area contributed by atoms with E-state index < -0.39 is 42.2 Å². The lowest BCUT2D eigenvalue weighted by molar-refractivity contribution is -0.149. The van der Waals surface area contributed by atoms with Gasteiger partial charge in [-0.15, -0.1) is 0 Å². The highest BCUT2D eigenvalue weighted by Gasteiger charge is 2.23. The Morgan fingerprint density at radius 1 is 1.07 bits per heavy atom. The van der Waals surface area contributed by atoms with Gasteiger partial charge in [0.2, 0.25) is 0 Å². The third kappa shape index (κ3) is 6.38. The number of nitrogens with one attached hydrogen (secondary N) is 2. The number of carbonyl (C=O) groups excluding carboxylic acids is 3. The van der Waals surface area contributed by atoms with Crippen molar-refractivity contribution in [2.45, 2.75) is 12.5 Å². The standard InChI is InChI=1S/C18H17F2N3O4/c19-12-6-7-14(13(20)9-12)22-16(24)10-27-17(25)15(23-18(21)26)8-11-4-2-1-3-5-11/h1-7,9,15H,8,10H2,(H,22,24)(H3,21,23,26)/t15-/m0/s1. The van der Waals surface area contributed by atoms with Crippen LogP contribution in [0.15, 0.2) is 48.5 Å². The number of esters is 1. The first-order valence-corrected chi connectivity index (χ1v) is 7.86. The quantitative estimate of drug-likeness (QED) is 0.638. The van der Waals surface area contributed by atoms with E-state index in [4.69, 9.17) is 10.5 Å². The van der Waals surface area contributed by atoms with Gasteiger partial charge in [-0.3, -0.25) is 4.79 Å². The minimum Gasteiger partial charge on any atom is -0.454 e. The smallest absolute Gasteiger partial charge is 0.329 e. The Morgan fingerprint density at radius 2 is 1.78 bits per heavy atom. The van der Waals surface area contributed by atoms with Crippen LogP contribution in [0.25, 0.3) is 0 Å². The predicted octanol–water partition coefficient (Wildman–Crippen LogP) is 1.73. The zero-order chi connectivity index (χ0) is 19.8. The number of hydrogen-bond donors (Lipinski definition) is 3. The van der Waals surface area contributed by atoms with Gasteiger partial charge in [0.05, 0.1) is 5.69 Å². The number of rotatable bonds is 7. The lowest BCUT2D eigenvalue weighted by Crippen LogP contribution is -2.46. The Kier molecular flexibility index (Phi) is 6.81. The number of benzene rings is 2. The first kappa shape index (κ1) is 19.8. The molecule has 0 heterocycles. The fourth-order valence-electron chi connectivity index (χ4n) is 2.23. The minimum atomic E-state index is -1.10. The van der Waals surface area contributed by atoms with Crippen LogP contribution < -0.4 is 16.4 Å². The van der Waals surface area contributed by atoms with Crippen molar-refractivity contribution in [3.63, 3.8) is 0 Å². The minimum absolute atomic E-state index is 0.108. The molecule has 2 aromatic carbocycles. The van der Waals surface area contributed by atoms with Gasteiger partial charge in [0.15, 0.2) is 6.61 Å². The summed E-state index contributed by atoms with van der Waals surface area (Å²) in [7, 11) is 0. The monoisotopic (exact) mass is 377 g/mol. The van der Waals surface area contributed by atoms with E-state index in [0.717, 1.165) is 17.7 Å². The number of anilines is 1. The highest BCUT2D eigenvalue weighted by molar-refractivity contribution is 5.93. The normalized spacial score (nSPS) is 11.3. The Balaban J connectivity index is 1.93. The van der Waals surface area contributed by atoms with E-state index in [2.05, 4.69) is 10.6 Å². The molecule has 2 rings (SSSR count). The van der Waals surface area contributed by atoms with Crippen molar-refractivity contribution >= 4 is 23.6 Å². The summed E-state index contributed by atoms with van der Waals surface area (Å²) in [5.74, 6) is -3.47. The van der Waals surface area contributed by atoms with Gasteiger partial charge in [-0.2, -0.15) is 0 Å². The topological polar surface area (TPSA) is 111 Å². The van der Waals surface area contributed by atoms with Crippen molar-refractivity contribution in [2.75, 3.05) is 11.9 Å².